The Kier molecular flexibility index (Phi) is 3.06. The van der Waals surface area contributed by atoms with Crippen LogP contribution < -0.4 is 9.64 Å². The predicted molar refractivity (Wildman–Crippen MR) is 64.3 cm³/mol. The summed E-state index contributed by atoms with van der Waals surface area (Å²) in [5, 5.41) is -0.0993. The SMILES string of the molecule is COc1ccc(C)cc1N1CC(Cl)CC1=O. The molecule has 1 aromatic carbocycles. The van der Waals surface area contributed by atoms with Crippen molar-refractivity contribution in [1.29, 1.82) is 0 Å². The van der Waals surface area contributed by atoms with Gasteiger partial charge in [-0.3, -0.25) is 4.79 Å². The molecule has 0 bridgehead atoms. The highest BCUT2D eigenvalue weighted by Crippen LogP contribution is 2.33. The van der Waals surface area contributed by atoms with E-state index in [0.717, 1.165) is 11.3 Å². The number of methoxy groups -OCH3 is 1. The first-order valence-corrected chi connectivity index (χ1v) is 5.64. The number of halogens is 1. The van der Waals surface area contributed by atoms with Crippen LogP contribution in [0.15, 0.2) is 18.2 Å². The minimum absolute atomic E-state index is 0.0592. The molecular formula is C12H14ClNO2. The first kappa shape index (κ1) is 11.3. The zero-order chi connectivity index (χ0) is 11.7. The van der Waals surface area contributed by atoms with Gasteiger partial charge < -0.3 is 9.64 Å². The van der Waals surface area contributed by atoms with E-state index < -0.39 is 0 Å². The van der Waals surface area contributed by atoms with Crippen LogP contribution in [0, 0.1) is 6.92 Å². The third-order valence-corrected chi connectivity index (χ3v) is 3.00. The van der Waals surface area contributed by atoms with Crippen molar-refractivity contribution >= 4 is 23.2 Å². The molecule has 1 saturated heterocycles. The van der Waals surface area contributed by atoms with Gasteiger partial charge in [0.05, 0.1) is 18.2 Å². The van der Waals surface area contributed by atoms with Crippen LogP contribution in [0.3, 0.4) is 0 Å². The van der Waals surface area contributed by atoms with Gasteiger partial charge in [0.15, 0.2) is 0 Å². The molecule has 0 N–H and O–H groups in total. The molecule has 16 heavy (non-hydrogen) atoms. The van der Waals surface area contributed by atoms with Gasteiger partial charge in [0.25, 0.3) is 0 Å². The van der Waals surface area contributed by atoms with Crippen molar-refractivity contribution in [3.8, 4) is 5.75 Å². The second kappa shape index (κ2) is 4.34. The summed E-state index contributed by atoms with van der Waals surface area (Å²) < 4.78 is 5.26. The zero-order valence-corrected chi connectivity index (χ0v) is 10.1. The molecule has 1 aliphatic rings. The molecule has 1 heterocycles. The summed E-state index contributed by atoms with van der Waals surface area (Å²) in [6, 6.07) is 5.78. The third kappa shape index (κ3) is 2.00. The van der Waals surface area contributed by atoms with Gasteiger partial charge in [0.1, 0.15) is 5.75 Å². The van der Waals surface area contributed by atoms with Crippen LogP contribution in [0.2, 0.25) is 0 Å². The Morgan fingerprint density at radius 1 is 1.50 bits per heavy atom. The van der Waals surface area contributed by atoms with E-state index in [-0.39, 0.29) is 11.3 Å². The number of carbonyl (C=O) groups is 1. The lowest BCUT2D eigenvalue weighted by Crippen LogP contribution is -2.25. The first-order chi connectivity index (χ1) is 7.61. The molecule has 1 aliphatic heterocycles. The fraction of sp³-hybridized carbons (Fsp3) is 0.417. The molecule has 86 valence electrons. The van der Waals surface area contributed by atoms with Crippen LogP contribution in [0.4, 0.5) is 5.69 Å². The number of anilines is 1. The van der Waals surface area contributed by atoms with Crippen molar-refractivity contribution < 1.29 is 9.53 Å². The van der Waals surface area contributed by atoms with Gasteiger partial charge >= 0.3 is 0 Å². The standard InChI is InChI=1S/C12H14ClNO2/c1-8-3-4-11(16-2)10(5-8)14-7-9(13)6-12(14)15/h3-5,9H,6-7H2,1-2H3. The summed E-state index contributed by atoms with van der Waals surface area (Å²) in [5.74, 6) is 0.772. The first-order valence-electron chi connectivity index (χ1n) is 5.21. The number of hydrogen-bond donors (Lipinski definition) is 0. The van der Waals surface area contributed by atoms with E-state index >= 15 is 0 Å². The predicted octanol–water partition coefficient (Wildman–Crippen LogP) is 2.35. The Labute approximate surface area is 100.0 Å². The quantitative estimate of drug-likeness (QED) is 0.742. The third-order valence-electron chi connectivity index (χ3n) is 2.70. The molecule has 4 heteroatoms. The van der Waals surface area contributed by atoms with Crippen LogP contribution in [0.5, 0.6) is 5.75 Å². The molecule has 2 rings (SSSR count). The molecule has 0 aliphatic carbocycles. The minimum Gasteiger partial charge on any atom is -0.495 e. The van der Waals surface area contributed by atoms with Gasteiger partial charge in [0.2, 0.25) is 5.91 Å². The Morgan fingerprint density at radius 2 is 2.25 bits per heavy atom. The van der Waals surface area contributed by atoms with Gasteiger partial charge in [-0.15, -0.1) is 11.6 Å². The molecule has 1 amide bonds. The van der Waals surface area contributed by atoms with Crippen LogP contribution in [-0.4, -0.2) is 24.9 Å². The lowest BCUT2D eigenvalue weighted by atomic mass is 10.2. The Hall–Kier alpha value is -1.22. The van der Waals surface area contributed by atoms with Crippen LogP contribution in [0.1, 0.15) is 12.0 Å². The van der Waals surface area contributed by atoms with Gasteiger partial charge in [-0.25, -0.2) is 0 Å². The number of benzene rings is 1. The molecular weight excluding hydrogens is 226 g/mol. The van der Waals surface area contributed by atoms with Crippen LogP contribution >= 0.6 is 11.6 Å². The van der Waals surface area contributed by atoms with Gasteiger partial charge in [-0.1, -0.05) is 6.07 Å². The Balaban J connectivity index is 2.39. The summed E-state index contributed by atoms with van der Waals surface area (Å²) in [6.07, 6.45) is 0.401. The maximum absolute atomic E-state index is 11.8. The highest BCUT2D eigenvalue weighted by Gasteiger charge is 2.30. The van der Waals surface area contributed by atoms with Crippen molar-refractivity contribution in [2.75, 3.05) is 18.6 Å². The van der Waals surface area contributed by atoms with Crippen molar-refractivity contribution in [2.45, 2.75) is 18.7 Å². The van der Waals surface area contributed by atoms with Crippen LogP contribution in [0.25, 0.3) is 0 Å². The fourth-order valence-electron chi connectivity index (χ4n) is 1.91. The van der Waals surface area contributed by atoms with E-state index in [9.17, 15) is 4.79 Å². The molecule has 1 aromatic rings. The number of rotatable bonds is 2. The van der Waals surface area contributed by atoms with E-state index in [0.29, 0.717) is 18.7 Å². The topological polar surface area (TPSA) is 29.5 Å². The summed E-state index contributed by atoms with van der Waals surface area (Å²) in [4.78, 5) is 13.4. The molecule has 1 fully saturated rings. The summed E-state index contributed by atoms with van der Waals surface area (Å²) >= 11 is 5.98. The number of alkyl halides is 1. The summed E-state index contributed by atoms with van der Waals surface area (Å²) in [6.45, 7) is 2.54. The maximum atomic E-state index is 11.8. The van der Waals surface area contributed by atoms with E-state index in [1.807, 2.05) is 25.1 Å². The van der Waals surface area contributed by atoms with E-state index in [1.54, 1.807) is 12.0 Å². The van der Waals surface area contributed by atoms with Gasteiger partial charge in [-0.2, -0.15) is 0 Å². The lowest BCUT2D eigenvalue weighted by Gasteiger charge is -2.19. The number of nitrogens with zero attached hydrogens (tertiary/aromatic N) is 1. The number of ether oxygens (including phenoxy) is 1. The smallest absolute Gasteiger partial charge is 0.228 e. The monoisotopic (exact) mass is 239 g/mol. The Bertz CT molecular complexity index is 419. The number of amides is 1. The summed E-state index contributed by atoms with van der Waals surface area (Å²) in [7, 11) is 1.60. The van der Waals surface area contributed by atoms with E-state index in [2.05, 4.69) is 0 Å². The molecule has 3 nitrogen and oxygen atoms in total. The summed E-state index contributed by atoms with van der Waals surface area (Å²) in [5.41, 5.74) is 1.91. The number of carbonyl (C=O) groups excluding carboxylic acids is 1. The fourth-order valence-corrected chi connectivity index (χ4v) is 2.18. The molecule has 0 saturated carbocycles. The van der Waals surface area contributed by atoms with Crippen molar-refractivity contribution in [3.63, 3.8) is 0 Å². The van der Waals surface area contributed by atoms with E-state index in [1.165, 1.54) is 0 Å². The average molecular weight is 240 g/mol. The van der Waals surface area contributed by atoms with Crippen molar-refractivity contribution in [3.05, 3.63) is 23.8 Å². The van der Waals surface area contributed by atoms with Gasteiger partial charge in [0, 0.05) is 13.0 Å². The lowest BCUT2D eigenvalue weighted by molar-refractivity contribution is -0.117. The van der Waals surface area contributed by atoms with E-state index in [4.69, 9.17) is 16.3 Å². The highest BCUT2D eigenvalue weighted by molar-refractivity contribution is 6.24. The highest BCUT2D eigenvalue weighted by atomic mass is 35.5. The molecule has 1 atom stereocenters. The molecule has 0 spiro atoms. The van der Waals surface area contributed by atoms with Gasteiger partial charge in [-0.05, 0) is 24.6 Å². The van der Waals surface area contributed by atoms with Crippen LogP contribution in [-0.2, 0) is 4.79 Å². The molecule has 0 aromatic heterocycles. The zero-order valence-electron chi connectivity index (χ0n) is 9.37. The second-order valence-electron chi connectivity index (χ2n) is 3.98. The Morgan fingerprint density at radius 3 is 2.81 bits per heavy atom. The number of aryl methyl sites for hydroxylation is 1. The normalized spacial score (nSPS) is 20.3. The van der Waals surface area contributed by atoms with Crippen molar-refractivity contribution in [1.82, 2.24) is 0 Å². The maximum Gasteiger partial charge on any atom is 0.228 e. The second-order valence-corrected chi connectivity index (χ2v) is 4.60. The molecule has 0 radical (unpaired) electrons. The number of hydrogen-bond acceptors (Lipinski definition) is 2. The molecule has 1 unspecified atom stereocenters. The average Bonchev–Trinajstić information content (AvgIpc) is 2.57. The minimum atomic E-state index is -0.0993. The van der Waals surface area contributed by atoms with Crippen molar-refractivity contribution in [2.24, 2.45) is 0 Å². The largest absolute Gasteiger partial charge is 0.495 e.